The highest BCUT2D eigenvalue weighted by Crippen LogP contribution is 2.12. The van der Waals surface area contributed by atoms with Crippen molar-refractivity contribution in [3.63, 3.8) is 0 Å². The first-order valence-electron chi connectivity index (χ1n) is 4.87. The van der Waals surface area contributed by atoms with Crippen LogP contribution in [0.5, 0.6) is 5.75 Å². The van der Waals surface area contributed by atoms with E-state index < -0.39 is 24.5 Å². The van der Waals surface area contributed by atoms with Crippen molar-refractivity contribution in [2.24, 2.45) is 0 Å². The standard InChI is InChI=1S/C11H13NO5/c1-17-8-4-2-3-7(5-8)10(14)12-9(6-13)11(15)16/h2-5,9,13H,6H2,1H3,(H,12,14)(H,15,16). The van der Waals surface area contributed by atoms with Gasteiger partial charge in [-0.3, -0.25) is 4.79 Å². The quantitative estimate of drug-likeness (QED) is 0.665. The van der Waals surface area contributed by atoms with Crippen LogP contribution in [-0.4, -0.2) is 41.8 Å². The molecule has 0 aliphatic rings. The van der Waals surface area contributed by atoms with Crippen LogP contribution in [0.3, 0.4) is 0 Å². The number of hydrogen-bond donors (Lipinski definition) is 3. The summed E-state index contributed by atoms with van der Waals surface area (Å²) in [4.78, 5) is 22.3. The van der Waals surface area contributed by atoms with Gasteiger partial charge in [0.2, 0.25) is 0 Å². The molecule has 1 rings (SSSR count). The van der Waals surface area contributed by atoms with E-state index in [-0.39, 0.29) is 5.56 Å². The SMILES string of the molecule is COc1cccc(C(=O)NC(CO)C(=O)O)c1. The van der Waals surface area contributed by atoms with E-state index in [9.17, 15) is 9.59 Å². The van der Waals surface area contributed by atoms with E-state index in [4.69, 9.17) is 14.9 Å². The molecular formula is C11H13NO5. The molecule has 0 aromatic heterocycles. The number of nitrogens with one attached hydrogen (secondary N) is 1. The van der Waals surface area contributed by atoms with Crippen LogP contribution in [0.25, 0.3) is 0 Å². The first kappa shape index (κ1) is 13.0. The van der Waals surface area contributed by atoms with Crippen LogP contribution >= 0.6 is 0 Å². The van der Waals surface area contributed by atoms with Gasteiger partial charge in [0.05, 0.1) is 13.7 Å². The van der Waals surface area contributed by atoms with Crippen LogP contribution in [0.4, 0.5) is 0 Å². The van der Waals surface area contributed by atoms with Crippen molar-refractivity contribution in [3.8, 4) is 5.75 Å². The lowest BCUT2D eigenvalue weighted by Crippen LogP contribution is -2.43. The van der Waals surface area contributed by atoms with Crippen LogP contribution in [0.1, 0.15) is 10.4 Å². The predicted molar refractivity (Wildman–Crippen MR) is 59.0 cm³/mol. The summed E-state index contributed by atoms with van der Waals surface area (Å²) in [6.45, 7) is -0.662. The van der Waals surface area contributed by atoms with E-state index in [0.29, 0.717) is 5.75 Å². The number of aliphatic carboxylic acids is 1. The number of aliphatic hydroxyl groups excluding tert-OH is 1. The predicted octanol–water partition coefficient (Wildman–Crippen LogP) is -0.130. The topological polar surface area (TPSA) is 95.9 Å². The monoisotopic (exact) mass is 239 g/mol. The summed E-state index contributed by atoms with van der Waals surface area (Å²) in [5.74, 6) is -1.37. The van der Waals surface area contributed by atoms with Gasteiger partial charge in [0.1, 0.15) is 5.75 Å². The lowest BCUT2D eigenvalue weighted by molar-refractivity contribution is -0.140. The molecule has 0 saturated carbocycles. The number of rotatable bonds is 5. The van der Waals surface area contributed by atoms with Crippen molar-refractivity contribution in [1.82, 2.24) is 5.32 Å². The fourth-order valence-corrected chi connectivity index (χ4v) is 1.19. The third-order valence-electron chi connectivity index (χ3n) is 2.12. The second kappa shape index (κ2) is 5.86. The number of amides is 1. The third-order valence-corrected chi connectivity index (χ3v) is 2.12. The van der Waals surface area contributed by atoms with Gasteiger partial charge in [-0.25, -0.2) is 4.79 Å². The van der Waals surface area contributed by atoms with Gasteiger partial charge in [0.15, 0.2) is 6.04 Å². The van der Waals surface area contributed by atoms with E-state index in [1.807, 2.05) is 0 Å². The third kappa shape index (κ3) is 3.46. The number of ether oxygens (including phenoxy) is 1. The number of hydrogen-bond acceptors (Lipinski definition) is 4. The van der Waals surface area contributed by atoms with Crippen LogP contribution in [0, 0.1) is 0 Å². The van der Waals surface area contributed by atoms with E-state index in [0.717, 1.165) is 0 Å². The van der Waals surface area contributed by atoms with Gasteiger partial charge in [0.25, 0.3) is 5.91 Å². The molecule has 0 radical (unpaired) electrons. The van der Waals surface area contributed by atoms with Gasteiger partial charge in [-0.2, -0.15) is 0 Å². The summed E-state index contributed by atoms with van der Waals surface area (Å²) in [6.07, 6.45) is 0. The minimum atomic E-state index is -1.31. The average Bonchev–Trinajstić information content (AvgIpc) is 2.35. The number of aliphatic hydroxyl groups is 1. The van der Waals surface area contributed by atoms with E-state index in [2.05, 4.69) is 5.32 Å². The Hall–Kier alpha value is -2.08. The summed E-state index contributed by atoms with van der Waals surface area (Å²) in [7, 11) is 1.46. The van der Waals surface area contributed by atoms with E-state index in [1.54, 1.807) is 12.1 Å². The Morgan fingerprint density at radius 2 is 2.18 bits per heavy atom. The molecule has 0 fully saturated rings. The van der Waals surface area contributed by atoms with Crippen molar-refractivity contribution in [3.05, 3.63) is 29.8 Å². The van der Waals surface area contributed by atoms with E-state index in [1.165, 1.54) is 19.2 Å². The molecule has 1 atom stereocenters. The van der Waals surface area contributed by atoms with Gasteiger partial charge < -0.3 is 20.3 Å². The lowest BCUT2D eigenvalue weighted by Gasteiger charge is -2.11. The lowest BCUT2D eigenvalue weighted by atomic mass is 10.2. The Balaban J connectivity index is 2.78. The summed E-state index contributed by atoms with van der Waals surface area (Å²) in [6, 6.07) is 4.97. The molecule has 0 bridgehead atoms. The molecule has 1 aromatic rings. The fourth-order valence-electron chi connectivity index (χ4n) is 1.19. The zero-order chi connectivity index (χ0) is 12.8. The molecule has 0 aliphatic heterocycles. The maximum Gasteiger partial charge on any atom is 0.328 e. The number of benzene rings is 1. The number of methoxy groups -OCH3 is 1. The Kier molecular flexibility index (Phi) is 4.47. The summed E-state index contributed by atoms with van der Waals surface area (Å²) in [5, 5.41) is 19.6. The summed E-state index contributed by atoms with van der Waals surface area (Å²) in [5.41, 5.74) is 0.268. The molecular weight excluding hydrogens is 226 g/mol. The second-order valence-electron chi connectivity index (χ2n) is 3.28. The van der Waals surface area contributed by atoms with Crippen molar-refractivity contribution < 1.29 is 24.5 Å². The zero-order valence-corrected chi connectivity index (χ0v) is 9.21. The molecule has 6 nitrogen and oxygen atoms in total. The maximum atomic E-state index is 11.6. The second-order valence-corrected chi connectivity index (χ2v) is 3.28. The van der Waals surface area contributed by atoms with Crippen LogP contribution in [0.2, 0.25) is 0 Å². The molecule has 3 N–H and O–H groups in total. The smallest absolute Gasteiger partial charge is 0.328 e. The van der Waals surface area contributed by atoms with Crippen molar-refractivity contribution in [1.29, 1.82) is 0 Å². The van der Waals surface area contributed by atoms with Gasteiger partial charge in [-0.1, -0.05) is 6.07 Å². The van der Waals surface area contributed by atoms with Crippen molar-refractivity contribution in [2.75, 3.05) is 13.7 Å². The van der Waals surface area contributed by atoms with Crippen LogP contribution in [0.15, 0.2) is 24.3 Å². The highest BCUT2D eigenvalue weighted by Gasteiger charge is 2.19. The highest BCUT2D eigenvalue weighted by atomic mass is 16.5. The summed E-state index contributed by atoms with van der Waals surface area (Å²) < 4.78 is 4.94. The first-order valence-corrected chi connectivity index (χ1v) is 4.87. The molecule has 6 heteroatoms. The molecule has 0 aliphatic carbocycles. The number of carbonyl (C=O) groups is 2. The maximum absolute atomic E-state index is 11.6. The van der Waals surface area contributed by atoms with Gasteiger partial charge >= 0.3 is 5.97 Å². The minimum absolute atomic E-state index is 0.268. The number of carboxylic acids is 1. The molecule has 0 saturated heterocycles. The molecule has 1 amide bonds. The first-order chi connectivity index (χ1) is 8.08. The van der Waals surface area contributed by atoms with E-state index >= 15 is 0 Å². The largest absolute Gasteiger partial charge is 0.497 e. The number of carbonyl (C=O) groups excluding carboxylic acids is 1. The zero-order valence-electron chi connectivity index (χ0n) is 9.21. The van der Waals surface area contributed by atoms with Crippen LogP contribution in [-0.2, 0) is 4.79 Å². The Morgan fingerprint density at radius 1 is 1.47 bits per heavy atom. The summed E-state index contributed by atoms with van der Waals surface area (Å²) >= 11 is 0. The van der Waals surface area contributed by atoms with Crippen molar-refractivity contribution >= 4 is 11.9 Å². The molecule has 1 aromatic carbocycles. The molecule has 0 spiro atoms. The average molecular weight is 239 g/mol. The van der Waals surface area contributed by atoms with Crippen molar-refractivity contribution in [2.45, 2.75) is 6.04 Å². The number of carboxylic acid groups (broad SMARTS) is 1. The van der Waals surface area contributed by atoms with Gasteiger partial charge in [-0.15, -0.1) is 0 Å². The minimum Gasteiger partial charge on any atom is -0.497 e. The van der Waals surface area contributed by atoms with Crippen LogP contribution < -0.4 is 10.1 Å². The highest BCUT2D eigenvalue weighted by molar-refractivity contribution is 5.96. The molecule has 1 unspecified atom stereocenters. The van der Waals surface area contributed by atoms with Gasteiger partial charge in [-0.05, 0) is 18.2 Å². The Bertz CT molecular complexity index is 418. The normalized spacial score (nSPS) is 11.6. The fraction of sp³-hybridized carbons (Fsp3) is 0.273. The molecule has 0 heterocycles. The molecule has 17 heavy (non-hydrogen) atoms. The molecule has 92 valence electrons. The Morgan fingerprint density at radius 3 is 2.71 bits per heavy atom. The van der Waals surface area contributed by atoms with Gasteiger partial charge in [0, 0.05) is 5.56 Å². The Labute approximate surface area is 97.8 Å².